The summed E-state index contributed by atoms with van der Waals surface area (Å²) in [6.07, 6.45) is 0. The molecule has 4 nitrogen and oxygen atoms in total. The van der Waals surface area contributed by atoms with Crippen LogP contribution < -0.4 is 11.1 Å². The molecule has 0 spiro atoms. The van der Waals surface area contributed by atoms with Crippen LogP contribution in [0.5, 0.6) is 0 Å². The van der Waals surface area contributed by atoms with Gasteiger partial charge in [0.15, 0.2) is 5.76 Å². The highest BCUT2D eigenvalue weighted by atomic mass is 19.1. The van der Waals surface area contributed by atoms with Crippen LogP contribution in [0.25, 0.3) is 0 Å². The van der Waals surface area contributed by atoms with Gasteiger partial charge in [-0.25, -0.2) is 4.39 Å². The zero-order valence-electron chi connectivity index (χ0n) is 11.6. The third kappa shape index (κ3) is 3.94. The van der Waals surface area contributed by atoms with E-state index < -0.39 is 5.82 Å². The highest BCUT2D eigenvalue weighted by molar-refractivity contribution is 5.91. The predicted octanol–water partition coefficient (Wildman–Crippen LogP) is 1.97. The van der Waals surface area contributed by atoms with Gasteiger partial charge in [-0.15, -0.1) is 0 Å². The Morgan fingerprint density at radius 2 is 2.19 bits per heavy atom. The van der Waals surface area contributed by atoms with E-state index in [-0.39, 0.29) is 24.8 Å². The Kier molecular flexibility index (Phi) is 4.75. The summed E-state index contributed by atoms with van der Waals surface area (Å²) in [7, 11) is 0. The molecule has 5 heteroatoms. The minimum Gasteiger partial charge on any atom is -0.456 e. The number of amides is 1. The van der Waals surface area contributed by atoms with Crippen LogP contribution >= 0.6 is 0 Å². The minimum atomic E-state index is -0.399. The maximum Gasteiger partial charge on any atom is 0.287 e. The largest absolute Gasteiger partial charge is 0.456 e. The molecule has 1 heterocycles. The highest BCUT2D eigenvalue weighted by Gasteiger charge is 2.11. The van der Waals surface area contributed by atoms with Crippen LogP contribution in [-0.4, -0.2) is 12.5 Å². The molecule has 0 fully saturated rings. The Hall–Kier alpha value is -2.58. The molecule has 0 aliphatic rings. The van der Waals surface area contributed by atoms with Gasteiger partial charge in [0.1, 0.15) is 11.6 Å². The first-order chi connectivity index (χ1) is 10.1. The monoisotopic (exact) mass is 286 g/mol. The van der Waals surface area contributed by atoms with Gasteiger partial charge in [-0.3, -0.25) is 4.79 Å². The molecule has 0 unspecified atom stereocenters. The van der Waals surface area contributed by atoms with Crippen molar-refractivity contribution >= 4 is 5.91 Å². The fourth-order valence-electron chi connectivity index (χ4n) is 1.76. The van der Waals surface area contributed by atoms with Gasteiger partial charge in [-0.1, -0.05) is 11.8 Å². The fourth-order valence-corrected chi connectivity index (χ4v) is 1.76. The van der Waals surface area contributed by atoms with Crippen LogP contribution in [0.4, 0.5) is 4.39 Å². The molecule has 2 rings (SSSR count). The molecule has 0 aliphatic heterocycles. The van der Waals surface area contributed by atoms with Gasteiger partial charge in [0, 0.05) is 17.7 Å². The third-order valence-corrected chi connectivity index (χ3v) is 2.78. The Balaban J connectivity index is 2.07. The summed E-state index contributed by atoms with van der Waals surface area (Å²) in [6, 6.07) is 7.74. The van der Waals surface area contributed by atoms with Gasteiger partial charge in [-0.05, 0) is 37.3 Å². The van der Waals surface area contributed by atoms with Crippen LogP contribution in [0.3, 0.4) is 0 Å². The highest BCUT2D eigenvalue weighted by Crippen LogP contribution is 2.11. The minimum absolute atomic E-state index is 0.0581. The van der Waals surface area contributed by atoms with E-state index in [1.165, 1.54) is 6.07 Å². The first-order valence-corrected chi connectivity index (χ1v) is 6.42. The van der Waals surface area contributed by atoms with E-state index in [1.807, 2.05) is 0 Å². The summed E-state index contributed by atoms with van der Waals surface area (Å²) in [6.45, 7) is 2.04. The summed E-state index contributed by atoms with van der Waals surface area (Å²) in [4.78, 5) is 11.8. The van der Waals surface area contributed by atoms with Crippen molar-refractivity contribution in [3.8, 4) is 11.8 Å². The number of carbonyl (C=O) groups excluding carboxylic acids is 1. The number of halogens is 1. The first-order valence-electron chi connectivity index (χ1n) is 6.42. The fraction of sp³-hybridized carbons (Fsp3) is 0.188. The van der Waals surface area contributed by atoms with Gasteiger partial charge in [0.25, 0.3) is 5.91 Å². The lowest BCUT2D eigenvalue weighted by atomic mass is 10.1. The lowest BCUT2D eigenvalue weighted by Gasteiger charge is -2.05. The lowest BCUT2D eigenvalue weighted by molar-refractivity contribution is 0.0921. The summed E-state index contributed by atoms with van der Waals surface area (Å²) in [5.74, 6) is 5.58. The zero-order valence-corrected chi connectivity index (χ0v) is 11.6. The number of benzene rings is 1. The topological polar surface area (TPSA) is 68.3 Å². The van der Waals surface area contributed by atoms with E-state index in [4.69, 9.17) is 10.2 Å². The molecule has 0 aliphatic carbocycles. The molecule has 2 aromatic rings. The van der Waals surface area contributed by atoms with Crippen LogP contribution in [-0.2, 0) is 6.54 Å². The maximum absolute atomic E-state index is 13.7. The first kappa shape index (κ1) is 14.8. The second kappa shape index (κ2) is 6.73. The van der Waals surface area contributed by atoms with Gasteiger partial charge in [0.2, 0.25) is 0 Å². The summed E-state index contributed by atoms with van der Waals surface area (Å²) < 4.78 is 18.9. The predicted molar refractivity (Wildman–Crippen MR) is 76.9 cm³/mol. The second-order valence-electron chi connectivity index (χ2n) is 4.41. The second-order valence-corrected chi connectivity index (χ2v) is 4.41. The van der Waals surface area contributed by atoms with Gasteiger partial charge < -0.3 is 15.5 Å². The number of furan rings is 1. The van der Waals surface area contributed by atoms with Crippen molar-refractivity contribution in [2.24, 2.45) is 5.73 Å². The molecule has 1 aromatic heterocycles. The standard InChI is InChI=1S/C16H15FN2O2/c1-11-4-7-15(21-11)16(20)19-10-13-9-12(3-2-8-18)5-6-14(13)17/h4-7,9H,8,10,18H2,1H3,(H,19,20). The van der Waals surface area contributed by atoms with Crippen molar-refractivity contribution < 1.29 is 13.6 Å². The molecule has 108 valence electrons. The molecule has 1 aromatic carbocycles. The van der Waals surface area contributed by atoms with E-state index in [0.717, 1.165) is 0 Å². The van der Waals surface area contributed by atoms with Crippen molar-refractivity contribution in [3.05, 3.63) is 58.8 Å². The van der Waals surface area contributed by atoms with Crippen LogP contribution in [0.1, 0.15) is 27.4 Å². The Bertz CT molecular complexity index is 711. The van der Waals surface area contributed by atoms with Crippen LogP contribution in [0.2, 0.25) is 0 Å². The molecule has 0 atom stereocenters. The molecule has 21 heavy (non-hydrogen) atoms. The summed E-state index contributed by atoms with van der Waals surface area (Å²) in [5.41, 5.74) is 6.30. The van der Waals surface area contributed by atoms with Gasteiger partial charge >= 0.3 is 0 Å². The van der Waals surface area contributed by atoms with Gasteiger partial charge in [0.05, 0.1) is 6.54 Å². The summed E-state index contributed by atoms with van der Waals surface area (Å²) in [5, 5.41) is 2.61. The average Bonchev–Trinajstić information content (AvgIpc) is 2.91. The molecular formula is C16H15FN2O2. The number of rotatable bonds is 3. The Morgan fingerprint density at radius 1 is 1.38 bits per heavy atom. The van der Waals surface area contributed by atoms with E-state index in [0.29, 0.717) is 16.9 Å². The maximum atomic E-state index is 13.7. The van der Waals surface area contributed by atoms with Crippen molar-refractivity contribution in [1.82, 2.24) is 5.32 Å². The number of nitrogens with two attached hydrogens (primary N) is 1. The van der Waals surface area contributed by atoms with E-state index in [9.17, 15) is 9.18 Å². The third-order valence-electron chi connectivity index (χ3n) is 2.78. The van der Waals surface area contributed by atoms with Crippen LogP contribution in [0, 0.1) is 24.6 Å². The number of carbonyl (C=O) groups is 1. The smallest absolute Gasteiger partial charge is 0.287 e. The number of nitrogens with one attached hydrogen (secondary N) is 1. The lowest BCUT2D eigenvalue weighted by Crippen LogP contribution is -2.22. The van der Waals surface area contributed by atoms with Gasteiger partial charge in [-0.2, -0.15) is 0 Å². The molecule has 1 amide bonds. The average molecular weight is 286 g/mol. The molecule has 3 N–H and O–H groups in total. The number of hydrogen-bond donors (Lipinski definition) is 2. The molecular weight excluding hydrogens is 271 g/mol. The van der Waals surface area contributed by atoms with Crippen molar-refractivity contribution in [3.63, 3.8) is 0 Å². The van der Waals surface area contributed by atoms with E-state index in [1.54, 1.807) is 31.2 Å². The molecule has 0 saturated heterocycles. The molecule has 0 bridgehead atoms. The zero-order chi connectivity index (χ0) is 15.2. The van der Waals surface area contributed by atoms with Crippen LogP contribution in [0.15, 0.2) is 34.7 Å². The van der Waals surface area contributed by atoms with Crippen molar-refractivity contribution in [1.29, 1.82) is 0 Å². The van der Waals surface area contributed by atoms with E-state index >= 15 is 0 Å². The number of hydrogen-bond acceptors (Lipinski definition) is 3. The number of aryl methyl sites for hydroxylation is 1. The van der Waals surface area contributed by atoms with Crippen molar-refractivity contribution in [2.75, 3.05) is 6.54 Å². The SMILES string of the molecule is Cc1ccc(C(=O)NCc2cc(C#CCN)ccc2F)o1. The Labute approximate surface area is 122 Å². The molecule has 0 saturated carbocycles. The normalized spacial score (nSPS) is 9.86. The summed E-state index contributed by atoms with van der Waals surface area (Å²) >= 11 is 0. The quantitative estimate of drug-likeness (QED) is 0.848. The van der Waals surface area contributed by atoms with Crippen molar-refractivity contribution in [2.45, 2.75) is 13.5 Å². The molecule has 0 radical (unpaired) electrons. The Morgan fingerprint density at radius 3 is 2.86 bits per heavy atom. The van der Waals surface area contributed by atoms with E-state index in [2.05, 4.69) is 17.2 Å².